The molecule has 3 aromatic rings. The van der Waals surface area contributed by atoms with Crippen molar-refractivity contribution in [2.75, 3.05) is 10.6 Å². The van der Waals surface area contributed by atoms with Crippen molar-refractivity contribution in [2.45, 2.75) is 17.1 Å². The van der Waals surface area contributed by atoms with Crippen molar-refractivity contribution in [2.24, 2.45) is 0 Å². The van der Waals surface area contributed by atoms with E-state index in [1.54, 1.807) is 31.2 Å². The van der Waals surface area contributed by atoms with Crippen LogP contribution >= 0.6 is 23.4 Å². The van der Waals surface area contributed by atoms with Gasteiger partial charge < -0.3 is 15.7 Å². The Balaban J connectivity index is 1.61. The lowest BCUT2D eigenvalue weighted by atomic mass is 10.2. The molecular weight excluding hydrogens is 460 g/mol. The molecule has 0 heterocycles. The van der Waals surface area contributed by atoms with E-state index >= 15 is 0 Å². The van der Waals surface area contributed by atoms with Gasteiger partial charge in [-0.15, -0.1) is 11.8 Å². The largest absolute Gasteiger partial charge is 0.478 e. The number of benzene rings is 3. The molecule has 0 fully saturated rings. The highest BCUT2D eigenvalue weighted by molar-refractivity contribution is 8.00. The average molecular weight is 481 g/mol. The van der Waals surface area contributed by atoms with Gasteiger partial charge >= 0.3 is 5.97 Å². The van der Waals surface area contributed by atoms with Gasteiger partial charge in [-0.05, 0) is 55.0 Å². The second kappa shape index (κ2) is 11.4. The summed E-state index contributed by atoms with van der Waals surface area (Å²) in [6, 6.07) is 20.8. The van der Waals surface area contributed by atoms with Crippen molar-refractivity contribution < 1.29 is 19.5 Å². The molecule has 0 saturated heterocycles. The Morgan fingerprint density at radius 1 is 0.970 bits per heavy atom. The minimum Gasteiger partial charge on any atom is -0.478 e. The number of aromatic carboxylic acids is 1. The third-order valence-electron chi connectivity index (χ3n) is 4.48. The van der Waals surface area contributed by atoms with Crippen LogP contribution in [0.2, 0.25) is 5.02 Å². The molecule has 0 bridgehead atoms. The normalized spacial score (nSPS) is 11.7. The van der Waals surface area contributed by atoms with Crippen molar-refractivity contribution in [1.82, 2.24) is 0 Å². The molecule has 8 heteroatoms. The number of hydrogen-bond donors (Lipinski definition) is 3. The minimum atomic E-state index is -1.11. The molecule has 2 amide bonds. The van der Waals surface area contributed by atoms with Gasteiger partial charge in [0.1, 0.15) is 0 Å². The average Bonchev–Trinajstić information content (AvgIpc) is 2.80. The van der Waals surface area contributed by atoms with Crippen molar-refractivity contribution >= 4 is 58.6 Å². The molecule has 0 aliphatic rings. The zero-order chi connectivity index (χ0) is 23.8. The standard InChI is InChI=1S/C25H21ClN2O4S/c1-16(24(30)28-22-14-18(25(31)32)11-12-21(22)26)33-20-9-5-8-19(15-20)27-23(29)13-10-17-6-3-2-4-7-17/h2-16H,1H3,(H,27,29)(H,28,30)(H,31,32)/b13-10+. The van der Waals surface area contributed by atoms with Crippen LogP contribution in [0.25, 0.3) is 6.08 Å². The van der Waals surface area contributed by atoms with Gasteiger partial charge in [-0.25, -0.2) is 4.79 Å². The van der Waals surface area contributed by atoms with Crippen molar-refractivity contribution in [3.63, 3.8) is 0 Å². The number of amides is 2. The summed E-state index contributed by atoms with van der Waals surface area (Å²) in [6.07, 6.45) is 3.19. The summed E-state index contributed by atoms with van der Waals surface area (Å²) in [7, 11) is 0. The third-order valence-corrected chi connectivity index (χ3v) is 5.90. The van der Waals surface area contributed by atoms with Crippen molar-refractivity contribution in [1.29, 1.82) is 0 Å². The van der Waals surface area contributed by atoms with E-state index in [0.717, 1.165) is 10.5 Å². The van der Waals surface area contributed by atoms with Gasteiger partial charge in [0.2, 0.25) is 11.8 Å². The quantitative estimate of drug-likeness (QED) is 0.279. The highest BCUT2D eigenvalue weighted by atomic mass is 35.5. The number of carbonyl (C=O) groups is 3. The molecule has 6 nitrogen and oxygen atoms in total. The molecule has 1 atom stereocenters. The third kappa shape index (κ3) is 7.24. The first-order chi connectivity index (χ1) is 15.8. The number of anilines is 2. The van der Waals surface area contributed by atoms with Crippen LogP contribution in [0, 0.1) is 0 Å². The Hall–Kier alpha value is -3.55. The fourth-order valence-electron chi connectivity index (χ4n) is 2.81. The molecule has 0 aromatic heterocycles. The first-order valence-corrected chi connectivity index (χ1v) is 11.2. The van der Waals surface area contributed by atoms with Gasteiger partial charge in [0.05, 0.1) is 21.5 Å². The van der Waals surface area contributed by atoms with Crippen LogP contribution in [0.5, 0.6) is 0 Å². The van der Waals surface area contributed by atoms with Crippen LogP contribution in [0.1, 0.15) is 22.8 Å². The molecule has 0 aliphatic heterocycles. The second-order valence-electron chi connectivity index (χ2n) is 7.01. The molecule has 0 aliphatic carbocycles. The lowest BCUT2D eigenvalue weighted by molar-refractivity contribution is -0.115. The summed E-state index contributed by atoms with van der Waals surface area (Å²) in [5.41, 5.74) is 1.79. The Kier molecular flexibility index (Phi) is 8.29. The van der Waals surface area contributed by atoms with E-state index in [1.807, 2.05) is 36.4 Å². The summed E-state index contributed by atoms with van der Waals surface area (Å²) >= 11 is 7.38. The minimum absolute atomic E-state index is 0.0276. The van der Waals surface area contributed by atoms with Gasteiger partial charge in [-0.1, -0.05) is 48.0 Å². The van der Waals surface area contributed by atoms with Gasteiger partial charge in [-0.2, -0.15) is 0 Å². The summed E-state index contributed by atoms with van der Waals surface area (Å²) in [5, 5.41) is 14.3. The monoisotopic (exact) mass is 480 g/mol. The van der Waals surface area contributed by atoms with E-state index in [4.69, 9.17) is 16.7 Å². The molecule has 1 unspecified atom stereocenters. The van der Waals surface area contributed by atoms with Crippen molar-refractivity contribution in [3.05, 3.63) is 95.0 Å². The van der Waals surface area contributed by atoms with E-state index in [1.165, 1.54) is 36.0 Å². The number of carboxylic acid groups (broad SMARTS) is 1. The topological polar surface area (TPSA) is 95.5 Å². The number of carbonyl (C=O) groups excluding carboxylic acids is 2. The molecule has 3 rings (SSSR count). The summed E-state index contributed by atoms with van der Waals surface area (Å²) in [6.45, 7) is 1.73. The number of rotatable bonds is 8. The highest BCUT2D eigenvalue weighted by Gasteiger charge is 2.17. The van der Waals surface area contributed by atoms with Gasteiger partial charge in [-0.3, -0.25) is 9.59 Å². The lowest BCUT2D eigenvalue weighted by Gasteiger charge is -2.14. The molecule has 33 heavy (non-hydrogen) atoms. The van der Waals surface area contributed by atoms with Crippen molar-refractivity contribution in [3.8, 4) is 0 Å². The summed E-state index contributed by atoms with van der Waals surface area (Å²) in [4.78, 5) is 36.8. The number of nitrogens with one attached hydrogen (secondary N) is 2. The Morgan fingerprint density at radius 3 is 2.45 bits per heavy atom. The molecule has 3 aromatic carbocycles. The smallest absolute Gasteiger partial charge is 0.335 e. The van der Waals surface area contributed by atoms with Gasteiger partial charge in [0, 0.05) is 16.7 Å². The highest BCUT2D eigenvalue weighted by Crippen LogP contribution is 2.28. The summed E-state index contributed by atoms with van der Waals surface area (Å²) in [5.74, 6) is -1.70. The van der Waals surface area contributed by atoms with Crippen LogP contribution in [0.4, 0.5) is 11.4 Å². The van der Waals surface area contributed by atoms with Crippen LogP contribution in [0.15, 0.2) is 83.8 Å². The number of hydrogen-bond acceptors (Lipinski definition) is 4. The molecule has 0 radical (unpaired) electrons. The number of carboxylic acids is 1. The van der Waals surface area contributed by atoms with E-state index in [0.29, 0.717) is 5.69 Å². The SMILES string of the molecule is CC(Sc1cccc(NC(=O)/C=C/c2ccccc2)c1)C(=O)Nc1cc(C(=O)O)ccc1Cl. The maximum Gasteiger partial charge on any atom is 0.335 e. The van der Waals surface area contributed by atoms with E-state index in [-0.39, 0.29) is 28.1 Å². The van der Waals surface area contributed by atoms with Crippen LogP contribution in [-0.4, -0.2) is 28.1 Å². The Bertz CT molecular complexity index is 1200. The predicted molar refractivity (Wildman–Crippen MR) is 133 cm³/mol. The maximum absolute atomic E-state index is 12.6. The second-order valence-corrected chi connectivity index (χ2v) is 8.83. The predicted octanol–water partition coefficient (Wildman–Crippen LogP) is 5.81. The molecule has 0 spiro atoms. The van der Waals surface area contributed by atoms with Crippen LogP contribution in [-0.2, 0) is 9.59 Å². The first-order valence-electron chi connectivity index (χ1n) is 9.96. The van der Waals surface area contributed by atoms with Gasteiger partial charge in [0.25, 0.3) is 0 Å². The maximum atomic E-state index is 12.6. The molecule has 0 saturated carbocycles. The molecular formula is C25H21ClN2O4S. The lowest BCUT2D eigenvalue weighted by Crippen LogP contribution is -2.22. The number of thioether (sulfide) groups is 1. The van der Waals surface area contributed by atoms with Crippen LogP contribution in [0.3, 0.4) is 0 Å². The zero-order valence-corrected chi connectivity index (χ0v) is 19.2. The Morgan fingerprint density at radius 2 is 1.73 bits per heavy atom. The molecule has 3 N–H and O–H groups in total. The van der Waals surface area contributed by atoms with E-state index in [2.05, 4.69) is 10.6 Å². The summed E-state index contributed by atoms with van der Waals surface area (Å²) < 4.78 is 0. The van der Waals surface area contributed by atoms with E-state index in [9.17, 15) is 14.4 Å². The van der Waals surface area contributed by atoms with Gasteiger partial charge in [0.15, 0.2) is 0 Å². The van der Waals surface area contributed by atoms with E-state index < -0.39 is 11.2 Å². The first kappa shape index (κ1) is 24.1. The Labute approximate surface area is 200 Å². The van der Waals surface area contributed by atoms with Crippen LogP contribution < -0.4 is 10.6 Å². The molecule has 168 valence electrons. The fourth-order valence-corrected chi connectivity index (χ4v) is 3.90. The number of halogens is 1. The zero-order valence-electron chi connectivity index (χ0n) is 17.6. The fraction of sp³-hybridized carbons (Fsp3) is 0.0800.